The molecule has 0 saturated carbocycles. The Balaban J connectivity index is 0.000000378. The molecule has 3 aromatic carbocycles. The smallest absolute Gasteiger partial charge is 0.155 e. The Morgan fingerprint density at radius 1 is 1.00 bits per heavy atom. The fourth-order valence-corrected chi connectivity index (χ4v) is 5.55. The summed E-state index contributed by atoms with van der Waals surface area (Å²) in [5.74, 6) is -0.0625. The molecule has 2 heterocycles. The van der Waals surface area contributed by atoms with Crippen LogP contribution in [0.4, 0.5) is 0 Å². The van der Waals surface area contributed by atoms with Crippen LogP contribution in [-0.4, -0.2) is 15.9 Å². The first-order chi connectivity index (χ1) is 16.2. The molecule has 0 saturated heterocycles. The second-order valence-corrected chi connectivity index (χ2v) is 9.87. The van der Waals surface area contributed by atoms with Crippen molar-refractivity contribution in [1.82, 2.24) is 4.98 Å². The van der Waals surface area contributed by atoms with Crippen molar-refractivity contribution in [2.75, 3.05) is 0 Å². The van der Waals surface area contributed by atoms with Gasteiger partial charge in [-0.15, -0.1) is 46.2 Å². The number of hydrogen-bond acceptors (Lipinski definition) is 4. The van der Waals surface area contributed by atoms with Gasteiger partial charge in [0.05, 0.1) is 11.3 Å². The Kier molecular flexibility index (Phi) is 8.27. The molecule has 5 aromatic rings. The summed E-state index contributed by atoms with van der Waals surface area (Å²) >= 11 is 1.84. The third-order valence-corrected chi connectivity index (χ3v) is 7.00. The number of nitrogens with zero attached hydrogens (tertiary/aromatic N) is 1. The van der Waals surface area contributed by atoms with Gasteiger partial charge in [0.1, 0.15) is 0 Å². The molecule has 0 aliphatic carbocycles. The SMILES string of the molecule is CC(=O)/C=C(/C)O.Cc1[c-]c(-c2nc3ccc(C)c(C)c3c3c2sc2ccccc23)cc(C)c1.[Ir]. The van der Waals surface area contributed by atoms with E-state index in [1.165, 1.54) is 62.2 Å². The number of aromatic nitrogens is 1. The zero-order valence-electron chi connectivity index (χ0n) is 20.7. The first kappa shape index (κ1) is 26.7. The number of benzene rings is 3. The summed E-state index contributed by atoms with van der Waals surface area (Å²) in [4.78, 5) is 15.1. The molecule has 0 spiro atoms. The van der Waals surface area contributed by atoms with Gasteiger partial charge in [0.25, 0.3) is 0 Å². The Morgan fingerprint density at radius 2 is 1.71 bits per heavy atom. The fraction of sp³-hybridized carbons (Fsp3) is 0.200. The molecule has 0 aliphatic heterocycles. The van der Waals surface area contributed by atoms with Crippen LogP contribution < -0.4 is 0 Å². The van der Waals surface area contributed by atoms with Gasteiger partial charge >= 0.3 is 0 Å². The van der Waals surface area contributed by atoms with E-state index in [9.17, 15) is 4.79 Å². The number of hydrogen-bond donors (Lipinski definition) is 1. The van der Waals surface area contributed by atoms with E-state index in [1.54, 1.807) is 0 Å². The van der Waals surface area contributed by atoms with Crippen molar-refractivity contribution >= 4 is 48.2 Å². The number of carbonyl (C=O) groups excluding carboxylic acids is 1. The van der Waals surface area contributed by atoms with E-state index in [0.29, 0.717) is 0 Å². The second-order valence-electron chi connectivity index (χ2n) is 8.82. The van der Waals surface area contributed by atoms with E-state index in [2.05, 4.69) is 82.3 Å². The van der Waals surface area contributed by atoms with Crippen molar-refractivity contribution in [3.8, 4) is 11.3 Å². The number of aryl methyl sites for hydroxylation is 4. The monoisotopic (exact) mass is 659 g/mol. The molecule has 2 aromatic heterocycles. The van der Waals surface area contributed by atoms with E-state index in [1.807, 2.05) is 11.3 Å². The molecule has 35 heavy (non-hydrogen) atoms. The molecule has 0 aliphatic rings. The van der Waals surface area contributed by atoms with Crippen molar-refractivity contribution in [2.24, 2.45) is 0 Å². The molecule has 0 bridgehead atoms. The Bertz CT molecular complexity index is 1570. The van der Waals surface area contributed by atoms with E-state index < -0.39 is 0 Å². The zero-order valence-corrected chi connectivity index (χ0v) is 24.0. The molecule has 1 N–H and O–H groups in total. The molecule has 0 amide bonds. The van der Waals surface area contributed by atoms with E-state index in [4.69, 9.17) is 10.1 Å². The number of pyridine rings is 1. The number of ketones is 1. The topological polar surface area (TPSA) is 50.2 Å². The van der Waals surface area contributed by atoms with Gasteiger partial charge in [0, 0.05) is 57.4 Å². The summed E-state index contributed by atoms with van der Waals surface area (Å²) in [6.45, 7) is 11.5. The van der Waals surface area contributed by atoms with Gasteiger partial charge < -0.3 is 5.11 Å². The van der Waals surface area contributed by atoms with Crippen LogP contribution in [0.15, 0.2) is 60.4 Å². The number of fused-ring (bicyclic) bond motifs is 5. The number of carbonyl (C=O) groups is 1. The maximum Gasteiger partial charge on any atom is 0.155 e. The zero-order chi connectivity index (χ0) is 24.6. The third-order valence-electron chi connectivity index (χ3n) is 5.82. The molecule has 3 nitrogen and oxygen atoms in total. The van der Waals surface area contributed by atoms with Crippen molar-refractivity contribution < 1.29 is 30.0 Å². The third kappa shape index (κ3) is 5.54. The minimum absolute atomic E-state index is 0. The summed E-state index contributed by atoms with van der Waals surface area (Å²) in [7, 11) is 0. The maximum atomic E-state index is 10.0. The van der Waals surface area contributed by atoms with Crippen molar-refractivity contribution in [3.63, 3.8) is 0 Å². The average Bonchev–Trinajstić information content (AvgIpc) is 3.14. The summed E-state index contributed by atoms with van der Waals surface area (Å²) in [5, 5.41) is 12.3. The summed E-state index contributed by atoms with van der Waals surface area (Å²) in [6, 6.07) is 21.0. The normalized spacial score (nSPS) is 11.3. The summed E-state index contributed by atoms with van der Waals surface area (Å²) < 4.78 is 2.58. The Labute approximate surface area is 223 Å². The molecule has 0 unspecified atom stereocenters. The van der Waals surface area contributed by atoms with Crippen molar-refractivity contribution in [1.29, 1.82) is 0 Å². The number of aliphatic hydroxyl groups is 1. The second kappa shape index (κ2) is 10.8. The molecule has 0 fully saturated rings. The number of allylic oxidation sites excluding steroid dienone is 2. The van der Waals surface area contributed by atoms with Gasteiger partial charge in [-0.1, -0.05) is 38.1 Å². The Morgan fingerprint density at radius 3 is 2.34 bits per heavy atom. The van der Waals surface area contributed by atoms with Crippen LogP contribution in [0.1, 0.15) is 36.1 Å². The largest absolute Gasteiger partial charge is 0.512 e. The molecule has 0 atom stereocenters. The number of rotatable bonds is 2. The molecule has 5 rings (SSSR count). The summed E-state index contributed by atoms with van der Waals surface area (Å²) in [5.41, 5.74) is 8.24. The minimum Gasteiger partial charge on any atom is -0.512 e. The van der Waals surface area contributed by atoms with Crippen LogP contribution in [0.25, 0.3) is 42.3 Å². The average molecular weight is 659 g/mol. The van der Waals surface area contributed by atoms with Crippen LogP contribution in [0.2, 0.25) is 0 Å². The van der Waals surface area contributed by atoms with E-state index in [-0.39, 0.29) is 31.6 Å². The van der Waals surface area contributed by atoms with Gasteiger partial charge in [-0.25, -0.2) is 0 Å². The molecule has 1 radical (unpaired) electrons. The van der Waals surface area contributed by atoms with Crippen molar-refractivity contribution in [2.45, 2.75) is 41.5 Å². The number of aliphatic hydroxyl groups excluding tert-OH is 1. The van der Waals surface area contributed by atoms with Gasteiger partial charge in [-0.2, -0.15) is 0 Å². The first-order valence-corrected chi connectivity index (χ1v) is 12.1. The van der Waals surface area contributed by atoms with Crippen LogP contribution in [0, 0.1) is 33.8 Å². The Hall–Kier alpha value is -2.85. The quantitative estimate of drug-likeness (QED) is 0.118. The van der Waals surface area contributed by atoms with Crippen LogP contribution >= 0.6 is 11.3 Å². The fourth-order valence-electron chi connectivity index (χ4n) is 4.34. The van der Waals surface area contributed by atoms with Crippen LogP contribution in [-0.2, 0) is 24.9 Å². The summed E-state index contributed by atoms with van der Waals surface area (Å²) in [6.07, 6.45) is 1.17. The van der Waals surface area contributed by atoms with E-state index in [0.717, 1.165) is 22.3 Å². The predicted molar refractivity (Wildman–Crippen MR) is 145 cm³/mol. The van der Waals surface area contributed by atoms with Gasteiger partial charge in [-0.3, -0.25) is 9.78 Å². The molecular formula is C30H28IrNO2S-. The van der Waals surface area contributed by atoms with Crippen LogP contribution in [0.5, 0.6) is 0 Å². The minimum atomic E-state index is -0.125. The molecule has 5 heteroatoms. The van der Waals surface area contributed by atoms with Gasteiger partial charge in [-0.05, 0) is 51.0 Å². The molecular weight excluding hydrogens is 631 g/mol. The standard InChI is InChI=1S/C25H20NS.C5H8O2.Ir/c1-14-11-15(2)13-18(12-14)24-25-23(19-7-5-6-8-21(19)27-25)22-17(4)16(3)9-10-20(22)26-24;1-4(6)3-5(2)7;/h5-12H,1-4H3;3,6H,1-2H3;/q-1;;/b;4-3-;. The maximum absolute atomic E-state index is 10.0. The van der Waals surface area contributed by atoms with E-state index >= 15 is 0 Å². The first-order valence-electron chi connectivity index (χ1n) is 11.3. The number of thiophene rings is 1. The predicted octanol–water partition coefficient (Wildman–Crippen LogP) is 8.34. The molecule has 181 valence electrons. The van der Waals surface area contributed by atoms with Crippen LogP contribution in [0.3, 0.4) is 0 Å². The van der Waals surface area contributed by atoms with Crippen molar-refractivity contribution in [3.05, 3.63) is 88.7 Å². The van der Waals surface area contributed by atoms with Gasteiger partial charge in [0.2, 0.25) is 0 Å². The van der Waals surface area contributed by atoms with Gasteiger partial charge in [0.15, 0.2) is 5.78 Å².